The molecule has 1 N–H and O–H groups in total. The summed E-state index contributed by atoms with van der Waals surface area (Å²) in [6.45, 7) is 4.50. The van der Waals surface area contributed by atoms with Crippen LogP contribution in [0.3, 0.4) is 0 Å². The second-order valence-corrected chi connectivity index (χ2v) is 11.7. The van der Waals surface area contributed by atoms with Crippen LogP contribution in [0.1, 0.15) is 98.1 Å². The first-order valence-electron chi connectivity index (χ1n) is 14.0. The molecular formula is C29H40N4O2S. The summed E-state index contributed by atoms with van der Waals surface area (Å²) in [5.74, 6) is 1.14. The number of amides is 3. The van der Waals surface area contributed by atoms with Gasteiger partial charge in [-0.1, -0.05) is 38.3 Å². The first kappa shape index (κ1) is 25.2. The van der Waals surface area contributed by atoms with E-state index in [0.29, 0.717) is 36.7 Å². The van der Waals surface area contributed by atoms with Gasteiger partial charge in [-0.05, 0) is 75.0 Å². The minimum absolute atomic E-state index is 0.0306. The predicted octanol–water partition coefficient (Wildman–Crippen LogP) is 6.69. The molecule has 2 atom stereocenters. The van der Waals surface area contributed by atoms with Crippen molar-refractivity contribution >= 4 is 29.0 Å². The SMILES string of the molecule is CCCCc1ccc(NC(=O)N2CCC(c3nc(C(=O)N4CCCC5CCCCC54)cs3)CC2)cc1. The molecule has 3 fully saturated rings. The van der Waals surface area contributed by atoms with Crippen molar-refractivity contribution in [3.8, 4) is 0 Å². The van der Waals surface area contributed by atoms with Crippen LogP contribution in [0.5, 0.6) is 0 Å². The molecule has 1 aromatic heterocycles. The fourth-order valence-electron chi connectivity index (χ4n) is 6.27. The Morgan fingerprint density at radius 2 is 1.75 bits per heavy atom. The molecule has 7 heteroatoms. The van der Waals surface area contributed by atoms with E-state index < -0.39 is 0 Å². The fraction of sp³-hybridized carbons (Fsp3) is 0.621. The predicted molar refractivity (Wildman–Crippen MR) is 146 cm³/mol. The summed E-state index contributed by atoms with van der Waals surface area (Å²) in [6, 6.07) is 8.61. The van der Waals surface area contributed by atoms with Crippen molar-refractivity contribution in [1.29, 1.82) is 0 Å². The smallest absolute Gasteiger partial charge is 0.321 e. The Kier molecular flexibility index (Phi) is 8.25. The van der Waals surface area contributed by atoms with Gasteiger partial charge in [-0.15, -0.1) is 11.3 Å². The molecule has 3 heterocycles. The highest BCUT2D eigenvalue weighted by Crippen LogP contribution is 2.37. The monoisotopic (exact) mass is 508 g/mol. The fourth-order valence-corrected chi connectivity index (χ4v) is 7.23. The maximum Gasteiger partial charge on any atom is 0.321 e. The number of nitrogens with one attached hydrogen (secondary N) is 1. The number of piperidine rings is 2. The average Bonchev–Trinajstić information content (AvgIpc) is 3.42. The number of rotatable bonds is 6. The quantitative estimate of drug-likeness (QED) is 0.473. The van der Waals surface area contributed by atoms with E-state index in [0.717, 1.165) is 49.3 Å². The maximum atomic E-state index is 13.3. The van der Waals surface area contributed by atoms with E-state index in [1.165, 1.54) is 44.1 Å². The molecule has 0 bridgehead atoms. The van der Waals surface area contributed by atoms with E-state index >= 15 is 0 Å². The number of urea groups is 1. The number of nitrogens with zero attached hydrogens (tertiary/aromatic N) is 3. The second-order valence-electron chi connectivity index (χ2n) is 10.8. The zero-order valence-corrected chi connectivity index (χ0v) is 22.4. The van der Waals surface area contributed by atoms with E-state index in [1.807, 2.05) is 22.4 Å². The molecular weight excluding hydrogens is 468 g/mol. The summed E-state index contributed by atoms with van der Waals surface area (Å²) in [7, 11) is 0. The van der Waals surface area contributed by atoms with E-state index in [4.69, 9.17) is 4.98 Å². The van der Waals surface area contributed by atoms with Crippen LogP contribution < -0.4 is 5.32 Å². The van der Waals surface area contributed by atoms with Crippen molar-refractivity contribution in [3.63, 3.8) is 0 Å². The number of likely N-dealkylation sites (tertiary alicyclic amines) is 2. The first-order valence-corrected chi connectivity index (χ1v) is 14.9. The molecule has 1 saturated carbocycles. The normalized spacial score (nSPS) is 22.8. The third-order valence-electron chi connectivity index (χ3n) is 8.40. The van der Waals surface area contributed by atoms with Gasteiger partial charge < -0.3 is 15.1 Å². The van der Waals surface area contributed by atoms with Crippen LogP contribution >= 0.6 is 11.3 Å². The number of unbranched alkanes of at least 4 members (excludes halogenated alkanes) is 1. The highest BCUT2D eigenvalue weighted by molar-refractivity contribution is 7.09. The van der Waals surface area contributed by atoms with Gasteiger partial charge in [-0.25, -0.2) is 9.78 Å². The highest BCUT2D eigenvalue weighted by Gasteiger charge is 2.37. The molecule has 5 rings (SSSR count). The number of hydrogen-bond acceptors (Lipinski definition) is 4. The third-order valence-corrected chi connectivity index (χ3v) is 9.41. The number of aryl methyl sites for hydroxylation is 1. The van der Waals surface area contributed by atoms with Crippen LogP contribution in [0.15, 0.2) is 29.6 Å². The minimum Gasteiger partial charge on any atom is -0.334 e. The van der Waals surface area contributed by atoms with Crippen LogP contribution in [-0.4, -0.2) is 52.4 Å². The standard InChI is InChI=1S/C29H40N4O2S/c1-2-3-7-21-11-13-24(14-12-21)30-29(35)32-18-15-23(16-19-32)27-31-25(20-36-27)28(34)33-17-6-9-22-8-4-5-10-26(22)33/h11-14,20,22-23,26H,2-10,15-19H2,1H3,(H,30,35). The van der Waals surface area contributed by atoms with Gasteiger partial charge in [0.05, 0.1) is 5.01 Å². The molecule has 3 amide bonds. The van der Waals surface area contributed by atoms with Gasteiger partial charge in [-0.3, -0.25) is 4.79 Å². The molecule has 1 aliphatic carbocycles. The Bertz CT molecular complexity index is 1030. The number of carbonyl (C=O) groups is 2. The summed E-state index contributed by atoms with van der Waals surface area (Å²) in [6.07, 6.45) is 12.6. The van der Waals surface area contributed by atoms with Crippen LogP contribution in [-0.2, 0) is 6.42 Å². The van der Waals surface area contributed by atoms with E-state index in [2.05, 4.69) is 29.3 Å². The lowest BCUT2D eigenvalue weighted by molar-refractivity contribution is 0.0386. The number of thiazole rings is 1. The van der Waals surface area contributed by atoms with Gasteiger partial charge in [0.25, 0.3) is 5.91 Å². The van der Waals surface area contributed by atoms with Crippen LogP contribution in [0.4, 0.5) is 10.5 Å². The lowest BCUT2D eigenvalue weighted by Gasteiger charge is -2.43. The molecule has 194 valence electrons. The van der Waals surface area contributed by atoms with Crippen molar-refractivity contribution < 1.29 is 9.59 Å². The second kappa shape index (κ2) is 11.8. The van der Waals surface area contributed by atoms with Crippen molar-refractivity contribution in [2.75, 3.05) is 25.0 Å². The Labute approximate surface area is 219 Å². The lowest BCUT2D eigenvalue weighted by atomic mass is 9.78. The molecule has 6 nitrogen and oxygen atoms in total. The van der Waals surface area contributed by atoms with E-state index in [-0.39, 0.29) is 11.9 Å². The van der Waals surface area contributed by atoms with E-state index in [1.54, 1.807) is 11.3 Å². The van der Waals surface area contributed by atoms with Gasteiger partial charge in [0.2, 0.25) is 0 Å². The lowest BCUT2D eigenvalue weighted by Crippen LogP contribution is -2.49. The van der Waals surface area contributed by atoms with Crippen LogP contribution in [0.2, 0.25) is 0 Å². The van der Waals surface area contributed by atoms with Crippen LogP contribution in [0.25, 0.3) is 0 Å². The molecule has 3 aliphatic rings. The maximum absolute atomic E-state index is 13.3. The summed E-state index contributed by atoms with van der Waals surface area (Å²) in [4.78, 5) is 35.0. The molecule has 36 heavy (non-hydrogen) atoms. The number of hydrogen-bond donors (Lipinski definition) is 1. The van der Waals surface area contributed by atoms with Crippen LogP contribution in [0, 0.1) is 5.92 Å². The first-order chi connectivity index (χ1) is 17.6. The summed E-state index contributed by atoms with van der Waals surface area (Å²) in [5.41, 5.74) is 2.79. The van der Waals surface area contributed by atoms with E-state index in [9.17, 15) is 9.59 Å². The van der Waals surface area contributed by atoms with Gasteiger partial charge >= 0.3 is 6.03 Å². The molecule has 0 spiro atoms. The van der Waals surface area contributed by atoms with Crippen molar-refractivity contribution in [3.05, 3.63) is 45.9 Å². The van der Waals surface area contributed by atoms with Gasteiger partial charge in [0.15, 0.2) is 0 Å². The Hall–Kier alpha value is -2.41. The van der Waals surface area contributed by atoms with Gasteiger partial charge in [-0.2, -0.15) is 0 Å². The molecule has 2 aromatic rings. The number of anilines is 1. The van der Waals surface area contributed by atoms with Crippen molar-refractivity contribution in [2.45, 2.75) is 89.5 Å². The summed E-state index contributed by atoms with van der Waals surface area (Å²) in [5, 5.41) is 6.07. The molecule has 1 aromatic carbocycles. The topological polar surface area (TPSA) is 65.5 Å². The Morgan fingerprint density at radius 1 is 1.00 bits per heavy atom. The molecule has 2 aliphatic heterocycles. The number of benzene rings is 1. The zero-order valence-electron chi connectivity index (χ0n) is 21.6. The third kappa shape index (κ3) is 5.77. The van der Waals surface area contributed by atoms with Gasteiger partial charge in [0.1, 0.15) is 5.69 Å². The Morgan fingerprint density at radius 3 is 2.53 bits per heavy atom. The number of carbonyl (C=O) groups excluding carboxylic acids is 2. The van der Waals surface area contributed by atoms with Crippen molar-refractivity contribution in [2.24, 2.45) is 5.92 Å². The van der Waals surface area contributed by atoms with Crippen molar-refractivity contribution in [1.82, 2.24) is 14.8 Å². The van der Waals surface area contributed by atoms with Gasteiger partial charge in [0, 0.05) is 42.7 Å². The molecule has 0 radical (unpaired) electrons. The Balaban J connectivity index is 1.13. The minimum atomic E-state index is -0.0306. The average molecular weight is 509 g/mol. The number of fused-ring (bicyclic) bond motifs is 1. The summed E-state index contributed by atoms with van der Waals surface area (Å²) < 4.78 is 0. The summed E-state index contributed by atoms with van der Waals surface area (Å²) >= 11 is 1.62. The highest BCUT2D eigenvalue weighted by atomic mass is 32.1. The molecule has 2 unspecified atom stereocenters. The zero-order chi connectivity index (χ0) is 24.9. The molecule has 2 saturated heterocycles. The number of aromatic nitrogens is 1. The largest absolute Gasteiger partial charge is 0.334 e.